The van der Waals surface area contributed by atoms with Crippen molar-refractivity contribution in [3.63, 3.8) is 0 Å². The Morgan fingerprint density at radius 3 is 2.61 bits per heavy atom. The van der Waals surface area contributed by atoms with Gasteiger partial charge in [0, 0.05) is 17.6 Å². The number of aryl methyl sites for hydroxylation is 1. The van der Waals surface area contributed by atoms with Crippen LogP contribution in [0.1, 0.15) is 10.5 Å². The Hall–Kier alpha value is -1.59. The Morgan fingerprint density at radius 2 is 2.06 bits per heavy atom. The van der Waals surface area contributed by atoms with Crippen LogP contribution in [0.5, 0.6) is 0 Å². The van der Waals surface area contributed by atoms with Crippen LogP contribution in [-0.2, 0) is 7.05 Å². The van der Waals surface area contributed by atoms with Gasteiger partial charge < -0.3 is 5.11 Å². The second-order valence-corrected chi connectivity index (χ2v) is 4.41. The summed E-state index contributed by atoms with van der Waals surface area (Å²) in [7, 11) is 1.54. The second-order valence-electron chi connectivity index (χ2n) is 3.59. The summed E-state index contributed by atoms with van der Waals surface area (Å²) in [6, 6.07) is 3.84. The summed E-state index contributed by atoms with van der Waals surface area (Å²) >= 11 is 11.6. The van der Waals surface area contributed by atoms with Crippen LogP contribution in [0, 0.1) is 5.82 Å². The first-order valence-corrected chi connectivity index (χ1v) is 5.58. The van der Waals surface area contributed by atoms with Gasteiger partial charge in [0.2, 0.25) is 0 Å². The van der Waals surface area contributed by atoms with Crippen LogP contribution in [-0.4, -0.2) is 20.9 Å². The zero-order valence-corrected chi connectivity index (χ0v) is 10.6. The highest BCUT2D eigenvalue weighted by Crippen LogP contribution is 2.33. The lowest BCUT2D eigenvalue weighted by atomic mass is 10.1. The van der Waals surface area contributed by atoms with E-state index in [1.54, 1.807) is 0 Å². The van der Waals surface area contributed by atoms with Crippen LogP contribution in [0.2, 0.25) is 10.0 Å². The van der Waals surface area contributed by atoms with E-state index in [2.05, 4.69) is 5.10 Å². The molecule has 1 aromatic carbocycles. The van der Waals surface area contributed by atoms with Crippen molar-refractivity contribution in [3.05, 3.63) is 39.8 Å². The minimum Gasteiger partial charge on any atom is -0.476 e. The summed E-state index contributed by atoms with van der Waals surface area (Å²) < 4.78 is 14.8. The van der Waals surface area contributed by atoms with Crippen molar-refractivity contribution in [1.29, 1.82) is 0 Å². The summed E-state index contributed by atoms with van der Waals surface area (Å²) in [6.07, 6.45) is 0. The lowest BCUT2D eigenvalue weighted by Crippen LogP contribution is -1.99. The highest BCUT2D eigenvalue weighted by molar-refractivity contribution is 6.35. The fourth-order valence-corrected chi connectivity index (χ4v) is 1.98. The van der Waals surface area contributed by atoms with E-state index in [0.29, 0.717) is 11.3 Å². The van der Waals surface area contributed by atoms with Gasteiger partial charge in [-0.05, 0) is 18.2 Å². The summed E-state index contributed by atoms with van der Waals surface area (Å²) in [4.78, 5) is 10.8. The van der Waals surface area contributed by atoms with Gasteiger partial charge in [-0.15, -0.1) is 0 Å². The van der Waals surface area contributed by atoms with Gasteiger partial charge in [-0.25, -0.2) is 9.18 Å². The van der Waals surface area contributed by atoms with Crippen molar-refractivity contribution in [3.8, 4) is 11.3 Å². The third-order valence-electron chi connectivity index (χ3n) is 2.37. The summed E-state index contributed by atoms with van der Waals surface area (Å²) in [5, 5.41) is 12.7. The van der Waals surface area contributed by atoms with Crippen LogP contribution in [0.25, 0.3) is 11.3 Å². The van der Waals surface area contributed by atoms with Gasteiger partial charge in [-0.2, -0.15) is 5.10 Å². The molecule has 0 unspecified atom stereocenters. The number of carboxylic acids is 1. The number of benzene rings is 1. The third-order valence-corrected chi connectivity index (χ3v) is 2.97. The van der Waals surface area contributed by atoms with Crippen LogP contribution >= 0.6 is 23.2 Å². The largest absolute Gasteiger partial charge is 0.476 e. The van der Waals surface area contributed by atoms with E-state index in [1.165, 1.54) is 23.9 Å². The minimum atomic E-state index is -1.17. The van der Waals surface area contributed by atoms with E-state index in [0.717, 1.165) is 6.07 Å². The van der Waals surface area contributed by atoms with Gasteiger partial charge in [-0.1, -0.05) is 23.2 Å². The Bertz CT molecular complexity index is 640. The number of rotatable bonds is 2. The Labute approximate surface area is 112 Å². The molecule has 1 heterocycles. The molecule has 94 valence electrons. The van der Waals surface area contributed by atoms with E-state index in [4.69, 9.17) is 28.3 Å². The number of nitrogens with zero attached hydrogens (tertiary/aromatic N) is 2. The number of halogens is 3. The topological polar surface area (TPSA) is 55.1 Å². The standard InChI is InChI=1S/C11H7Cl2FN2O2/c1-16-9(4-8(15-16)11(17)18)6-2-5(12)3-7(14)10(6)13/h2-4H,1H3,(H,17,18). The summed E-state index contributed by atoms with van der Waals surface area (Å²) in [5.74, 6) is -1.84. The van der Waals surface area contributed by atoms with Gasteiger partial charge in [0.1, 0.15) is 5.82 Å². The molecule has 2 aromatic rings. The maximum atomic E-state index is 13.5. The molecule has 0 spiro atoms. The minimum absolute atomic E-state index is 0.126. The number of aromatic carboxylic acids is 1. The average molecular weight is 289 g/mol. The molecule has 0 fully saturated rings. The molecular formula is C11H7Cl2FN2O2. The van der Waals surface area contributed by atoms with E-state index in [1.807, 2.05) is 0 Å². The molecule has 0 aliphatic rings. The summed E-state index contributed by atoms with van der Waals surface area (Å²) in [6.45, 7) is 0. The number of carbonyl (C=O) groups is 1. The highest BCUT2D eigenvalue weighted by atomic mass is 35.5. The van der Waals surface area contributed by atoms with Crippen molar-refractivity contribution in [1.82, 2.24) is 9.78 Å². The molecule has 2 rings (SSSR count). The van der Waals surface area contributed by atoms with Crippen molar-refractivity contribution in [2.24, 2.45) is 7.05 Å². The molecule has 4 nitrogen and oxygen atoms in total. The first-order chi connectivity index (χ1) is 8.40. The van der Waals surface area contributed by atoms with E-state index in [-0.39, 0.29) is 15.7 Å². The van der Waals surface area contributed by atoms with Crippen LogP contribution in [0.4, 0.5) is 4.39 Å². The van der Waals surface area contributed by atoms with E-state index < -0.39 is 11.8 Å². The Morgan fingerprint density at radius 1 is 1.39 bits per heavy atom. The molecule has 0 bridgehead atoms. The van der Waals surface area contributed by atoms with E-state index in [9.17, 15) is 9.18 Å². The van der Waals surface area contributed by atoms with Crippen LogP contribution in [0.3, 0.4) is 0 Å². The van der Waals surface area contributed by atoms with Gasteiger partial charge in [0.05, 0.1) is 10.7 Å². The predicted octanol–water partition coefficient (Wildman–Crippen LogP) is 3.23. The fraction of sp³-hybridized carbons (Fsp3) is 0.0909. The quantitative estimate of drug-likeness (QED) is 0.863. The number of aromatic nitrogens is 2. The lowest BCUT2D eigenvalue weighted by Gasteiger charge is -2.06. The molecule has 1 aromatic heterocycles. The molecule has 0 aliphatic heterocycles. The maximum absolute atomic E-state index is 13.5. The SMILES string of the molecule is Cn1nc(C(=O)O)cc1-c1cc(Cl)cc(F)c1Cl. The van der Waals surface area contributed by atoms with Gasteiger partial charge >= 0.3 is 5.97 Å². The van der Waals surface area contributed by atoms with Gasteiger partial charge in [-0.3, -0.25) is 4.68 Å². The average Bonchev–Trinajstić information content (AvgIpc) is 2.66. The molecular weight excluding hydrogens is 282 g/mol. The van der Waals surface area contributed by atoms with Crippen molar-refractivity contribution in [2.75, 3.05) is 0 Å². The maximum Gasteiger partial charge on any atom is 0.356 e. The smallest absolute Gasteiger partial charge is 0.356 e. The number of hydrogen-bond donors (Lipinski definition) is 1. The van der Waals surface area contributed by atoms with E-state index >= 15 is 0 Å². The van der Waals surface area contributed by atoms with Gasteiger partial charge in [0.25, 0.3) is 0 Å². The first-order valence-electron chi connectivity index (χ1n) is 4.82. The van der Waals surface area contributed by atoms with Crippen molar-refractivity contribution >= 4 is 29.2 Å². The molecule has 0 aliphatic carbocycles. The molecule has 0 amide bonds. The highest BCUT2D eigenvalue weighted by Gasteiger charge is 2.17. The zero-order valence-electron chi connectivity index (χ0n) is 9.12. The van der Waals surface area contributed by atoms with Crippen molar-refractivity contribution < 1.29 is 14.3 Å². The normalized spacial score (nSPS) is 10.7. The number of carboxylic acid groups (broad SMARTS) is 1. The first kappa shape index (κ1) is 12.9. The Kier molecular flexibility index (Phi) is 3.28. The molecule has 0 saturated carbocycles. The predicted molar refractivity (Wildman–Crippen MR) is 65.6 cm³/mol. The lowest BCUT2D eigenvalue weighted by molar-refractivity contribution is 0.0689. The van der Waals surface area contributed by atoms with Crippen molar-refractivity contribution in [2.45, 2.75) is 0 Å². The molecule has 1 N–H and O–H groups in total. The monoisotopic (exact) mass is 288 g/mol. The zero-order chi connectivity index (χ0) is 13.4. The molecule has 0 saturated heterocycles. The number of hydrogen-bond acceptors (Lipinski definition) is 2. The Balaban J connectivity index is 2.65. The second kappa shape index (κ2) is 4.59. The van der Waals surface area contributed by atoms with Crippen LogP contribution < -0.4 is 0 Å². The molecule has 7 heteroatoms. The molecule has 18 heavy (non-hydrogen) atoms. The third kappa shape index (κ3) is 2.19. The molecule has 0 atom stereocenters. The fourth-order valence-electron chi connectivity index (χ4n) is 1.57. The van der Waals surface area contributed by atoms with Gasteiger partial charge in [0.15, 0.2) is 5.69 Å². The summed E-state index contributed by atoms with van der Waals surface area (Å²) in [5.41, 5.74) is 0.520. The molecule has 0 radical (unpaired) electrons. The van der Waals surface area contributed by atoms with Crippen LogP contribution in [0.15, 0.2) is 18.2 Å².